The van der Waals surface area contributed by atoms with Gasteiger partial charge in [0, 0.05) is 18.4 Å². The van der Waals surface area contributed by atoms with Gasteiger partial charge in [0.15, 0.2) is 0 Å². The van der Waals surface area contributed by atoms with Crippen LogP contribution >= 0.6 is 11.8 Å². The second kappa shape index (κ2) is 6.28. The number of thioether (sulfide) groups is 1. The van der Waals surface area contributed by atoms with E-state index in [-0.39, 0.29) is 0 Å². The molecule has 4 heteroatoms. The molecule has 1 N–H and O–H groups in total. The first-order valence-electron chi connectivity index (χ1n) is 4.46. The summed E-state index contributed by atoms with van der Waals surface area (Å²) in [5, 5.41) is 11.9. The van der Waals surface area contributed by atoms with Gasteiger partial charge in [0.2, 0.25) is 0 Å². The molecule has 1 heterocycles. The van der Waals surface area contributed by atoms with Gasteiger partial charge in [-0.25, -0.2) is 4.98 Å². The maximum atomic E-state index is 8.63. The van der Waals surface area contributed by atoms with Crippen LogP contribution in [0.2, 0.25) is 0 Å². The van der Waals surface area contributed by atoms with Gasteiger partial charge < -0.3 is 5.32 Å². The van der Waals surface area contributed by atoms with Gasteiger partial charge in [-0.1, -0.05) is 0 Å². The van der Waals surface area contributed by atoms with Gasteiger partial charge >= 0.3 is 0 Å². The molecular weight excluding hydrogens is 194 g/mol. The highest BCUT2D eigenvalue weighted by Gasteiger charge is 1.94. The Morgan fingerprint density at radius 2 is 2.50 bits per heavy atom. The molecule has 0 bridgehead atoms. The zero-order chi connectivity index (χ0) is 10.2. The minimum atomic E-state index is 0.458. The number of nitriles is 1. The van der Waals surface area contributed by atoms with Crippen LogP contribution in [0.25, 0.3) is 0 Å². The van der Waals surface area contributed by atoms with Gasteiger partial charge in [-0.05, 0) is 30.6 Å². The quantitative estimate of drug-likeness (QED) is 0.751. The van der Waals surface area contributed by atoms with Gasteiger partial charge in [-0.2, -0.15) is 17.0 Å². The van der Waals surface area contributed by atoms with Crippen LogP contribution < -0.4 is 5.32 Å². The zero-order valence-corrected chi connectivity index (χ0v) is 8.97. The second-order valence-electron chi connectivity index (χ2n) is 2.81. The standard InChI is InChI=1S/C10H13N3S/c1-14-6-2-4-12-9-3-5-13-10(7-9)8-11/h3,5,7H,2,4,6H2,1H3,(H,12,13). The summed E-state index contributed by atoms with van der Waals surface area (Å²) < 4.78 is 0. The number of pyridine rings is 1. The number of nitrogens with zero attached hydrogens (tertiary/aromatic N) is 2. The van der Waals surface area contributed by atoms with Crippen molar-refractivity contribution in [2.24, 2.45) is 0 Å². The van der Waals surface area contributed by atoms with E-state index in [1.54, 1.807) is 12.3 Å². The number of nitrogens with one attached hydrogen (secondary N) is 1. The van der Waals surface area contributed by atoms with Crippen molar-refractivity contribution in [3.05, 3.63) is 24.0 Å². The molecule has 0 radical (unpaired) electrons. The lowest BCUT2D eigenvalue weighted by Gasteiger charge is -2.04. The third-order valence-electron chi connectivity index (χ3n) is 1.73. The lowest BCUT2D eigenvalue weighted by atomic mass is 10.3. The summed E-state index contributed by atoms with van der Waals surface area (Å²) in [6, 6.07) is 5.65. The highest BCUT2D eigenvalue weighted by atomic mass is 32.2. The van der Waals surface area contributed by atoms with Crippen LogP contribution in [0.3, 0.4) is 0 Å². The summed E-state index contributed by atoms with van der Waals surface area (Å²) in [4.78, 5) is 3.90. The average Bonchev–Trinajstić information content (AvgIpc) is 2.25. The van der Waals surface area contributed by atoms with Crippen molar-refractivity contribution < 1.29 is 0 Å². The van der Waals surface area contributed by atoms with E-state index in [1.165, 1.54) is 0 Å². The summed E-state index contributed by atoms with van der Waals surface area (Å²) in [5.74, 6) is 1.16. The highest BCUT2D eigenvalue weighted by molar-refractivity contribution is 7.98. The lowest BCUT2D eigenvalue weighted by molar-refractivity contribution is 0.991. The first-order valence-corrected chi connectivity index (χ1v) is 5.85. The lowest BCUT2D eigenvalue weighted by Crippen LogP contribution is -2.02. The summed E-state index contributed by atoms with van der Waals surface area (Å²) in [6.07, 6.45) is 4.88. The smallest absolute Gasteiger partial charge is 0.142 e. The molecular formula is C10H13N3S. The van der Waals surface area contributed by atoms with Crippen molar-refractivity contribution in [2.45, 2.75) is 6.42 Å². The average molecular weight is 207 g/mol. The van der Waals surface area contributed by atoms with Crippen LogP contribution in [0.4, 0.5) is 5.69 Å². The SMILES string of the molecule is CSCCCNc1ccnc(C#N)c1. The Bertz CT molecular complexity index is 319. The molecule has 0 unspecified atom stereocenters. The van der Waals surface area contributed by atoms with Gasteiger partial charge in [0.25, 0.3) is 0 Å². The molecule has 3 nitrogen and oxygen atoms in total. The number of hydrogen-bond donors (Lipinski definition) is 1. The van der Waals surface area contributed by atoms with Gasteiger partial charge in [0.05, 0.1) is 0 Å². The predicted molar refractivity (Wildman–Crippen MR) is 60.4 cm³/mol. The topological polar surface area (TPSA) is 48.7 Å². The molecule has 0 saturated carbocycles. The van der Waals surface area contributed by atoms with Crippen LogP contribution in [-0.4, -0.2) is 23.5 Å². The highest BCUT2D eigenvalue weighted by Crippen LogP contribution is 2.07. The monoisotopic (exact) mass is 207 g/mol. The summed E-state index contributed by atoms with van der Waals surface area (Å²) >= 11 is 1.84. The Labute approximate surface area is 88.5 Å². The van der Waals surface area contributed by atoms with Crippen LogP contribution in [0, 0.1) is 11.3 Å². The molecule has 0 aliphatic rings. The van der Waals surface area contributed by atoms with E-state index in [4.69, 9.17) is 5.26 Å². The minimum absolute atomic E-state index is 0.458. The Morgan fingerprint density at radius 3 is 3.21 bits per heavy atom. The maximum absolute atomic E-state index is 8.63. The van der Waals surface area contributed by atoms with Crippen LogP contribution in [-0.2, 0) is 0 Å². The Morgan fingerprint density at radius 1 is 1.64 bits per heavy atom. The molecule has 0 aliphatic heterocycles. The van der Waals surface area contributed by atoms with E-state index in [1.807, 2.05) is 23.9 Å². The minimum Gasteiger partial charge on any atom is -0.385 e. The van der Waals surface area contributed by atoms with Crippen molar-refractivity contribution in [3.8, 4) is 6.07 Å². The van der Waals surface area contributed by atoms with Crippen LogP contribution in [0.1, 0.15) is 12.1 Å². The number of aromatic nitrogens is 1. The molecule has 0 fully saturated rings. The molecule has 0 saturated heterocycles. The molecule has 1 rings (SSSR count). The summed E-state index contributed by atoms with van der Waals surface area (Å²) in [6.45, 7) is 0.940. The van der Waals surface area contributed by atoms with Gasteiger partial charge in [0.1, 0.15) is 11.8 Å². The molecule has 0 amide bonds. The zero-order valence-electron chi connectivity index (χ0n) is 8.16. The van der Waals surface area contributed by atoms with E-state index >= 15 is 0 Å². The van der Waals surface area contributed by atoms with E-state index in [9.17, 15) is 0 Å². The Hall–Kier alpha value is -1.21. The molecule has 0 aromatic carbocycles. The van der Waals surface area contributed by atoms with Gasteiger partial charge in [-0.15, -0.1) is 0 Å². The fraction of sp³-hybridized carbons (Fsp3) is 0.400. The van der Waals surface area contributed by atoms with Crippen molar-refractivity contribution in [1.82, 2.24) is 4.98 Å². The summed E-state index contributed by atoms with van der Waals surface area (Å²) in [5.41, 5.74) is 1.43. The van der Waals surface area contributed by atoms with Crippen molar-refractivity contribution >= 4 is 17.4 Å². The molecule has 0 aliphatic carbocycles. The molecule has 1 aromatic heterocycles. The third-order valence-corrected chi connectivity index (χ3v) is 2.43. The molecule has 0 spiro atoms. The van der Waals surface area contributed by atoms with E-state index in [0.717, 1.165) is 24.4 Å². The summed E-state index contributed by atoms with van der Waals surface area (Å²) in [7, 11) is 0. The molecule has 0 atom stereocenters. The molecule has 1 aromatic rings. The fourth-order valence-electron chi connectivity index (χ4n) is 1.05. The first-order chi connectivity index (χ1) is 6.86. The Kier molecular flexibility index (Phi) is 4.87. The van der Waals surface area contributed by atoms with Crippen LogP contribution in [0.15, 0.2) is 18.3 Å². The second-order valence-corrected chi connectivity index (χ2v) is 3.80. The Balaban J connectivity index is 2.39. The molecule has 14 heavy (non-hydrogen) atoms. The van der Waals surface area contributed by atoms with E-state index in [2.05, 4.69) is 16.6 Å². The van der Waals surface area contributed by atoms with Crippen molar-refractivity contribution in [1.29, 1.82) is 5.26 Å². The largest absolute Gasteiger partial charge is 0.385 e. The van der Waals surface area contributed by atoms with Gasteiger partial charge in [-0.3, -0.25) is 0 Å². The van der Waals surface area contributed by atoms with E-state index < -0.39 is 0 Å². The van der Waals surface area contributed by atoms with Crippen molar-refractivity contribution in [2.75, 3.05) is 23.9 Å². The number of anilines is 1. The van der Waals surface area contributed by atoms with Crippen LogP contribution in [0.5, 0.6) is 0 Å². The predicted octanol–water partition coefficient (Wildman–Crippen LogP) is 2.12. The number of hydrogen-bond acceptors (Lipinski definition) is 4. The third kappa shape index (κ3) is 3.67. The van der Waals surface area contributed by atoms with Crippen molar-refractivity contribution in [3.63, 3.8) is 0 Å². The normalized spacial score (nSPS) is 9.43. The maximum Gasteiger partial charge on any atom is 0.142 e. The first kappa shape index (κ1) is 10.9. The number of rotatable bonds is 5. The molecule has 74 valence electrons. The fourth-order valence-corrected chi connectivity index (χ4v) is 1.48. The van der Waals surface area contributed by atoms with E-state index in [0.29, 0.717) is 5.69 Å².